The van der Waals surface area contributed by atoms with E-state index in [-0.39, 0.29) is 5.38 Å². The Hall–Kier alpha value is -1.47. The van der Waals surface area contributed by atoms with Crippen molar-refractivity contribution in [1.82, 2.24) is 24.7 Å². The van der Waals surface area contributed by atoms with Crippen molar-refractivity contribution in [3.8, 4) is 0 Å². The Labute approximate surface area is 128 Å². The molecule has 3 aromatic rings. The van der Waals surface area contributed by atoms with Crippen LogP contribution < -0.4 is 0 Å². The molecule has 0 bridgehead atoms. The molecular formula is C12H11BrClN5O. The van der Waals surface area contributed by atoms with Crippen LogP contribution in [0.25, 0.3) is 11.2 Å². The summed E-state index contributed by atoms with van der Waals surface area (Å²) < 4.78 is 7.89. The van der Waals surface area contributed by atoms with Crippen molar-refractivity contribution < 1.29 is 4.52 Å². The predicted octanol–water partition coefficient (Wildman–Crippen LogP) is 3.12. The predicted molar refractivity (Wildman–Crippen MR) is 77.5 cm³/mol. The molecule has 0 fully saturated rings. The number of fused-ring (bicyclic) bond motifs is 1. The first-order valence-electron chi connectivity index (χ1n) is 6.06. The normalized spacial score (nSPS) is 12.9. The number of alkyl halides is 1. The monoisotopic (exact) mass is 355 g/mol. The molecule has 3 aromatic heterocycles. The van der Waals surface area contributed by atoms with Crippen LogP contribution >= 0.6 is 27.5 Å². The van der Waals surface area contributed by atoms with Crippen molar-refractivity contribution in [2.24, 2.45) is 0 Å². The molecule has 3 heterocycles. The third kappa shape index (κ3) is 2.55. The second kappa shape index (κ2) is 5.49. The van der Waals surface area contributed by atoms with Crippen LogP contribution in [0.3, 0.4) is 0 Å². The first-order chi connectivity index (χ1) is 9.65. The zero-order valence-corrected chi connectivity index (χ0v) is 13.0. The van der Waals surface area contributed by atoms with E-state index in [9.17, 15) is 0 Å². The van der Waals surface area contributed by atoms with Gasteiger partial charge in [-0.15, -0.1) is 11.6 Å². The molecule has 0 aliphatic heterocycles. The van der Waals surface area contributed by atoms with Gasteiger partial charge in [-0.05, 0) is 28.9 Å². The number of imidazole rings is 1. The van der Waals surface area contributed by atoms with Gasteiger partial charge in [-0.25, -0.2) is 9.97 Å². The lowest BCUT2D eigenvalue weighted by Gasteiger charge is -2.08. The van der Waals surface area contributed by atoms with Crippen LogP contribution in [0.2, 0.25) is 0 Å². The average molecular weight is 357 g/mol. The molecule has 6 nitrogen and oxygen atoms in total. The largest absolute Gasteiger partial charge is 0.340 e. The summed E-state index contributed by atoms with van der Waals surface area (Å²) in [5.41, 5.74) is 1.61. The molecular weight excluding hydrogens is 346 g/mol. The molecule has 0 saturated heterocycles. The van der Waals surface area contributed by atoms with Gasteiger partial charge in [0.15, 0.2) is 12.0 Å². The average Bonchev–Trinajstić information content (AvgIpc) is 3.02. The Morgan fingerprint density at radius 3 is 3.00 bits per heavy atom. The lowest BCUT2D eigenvalue weighted by atomic mass is 10.3. The second-order valence-corrected chi connectivity index (χ2v) is 5.89. The molecule has 3 rings (SSSR count). The molecule has 0 saturated carbocycles. The van der Waals surface area contributed by atoms with E-state index in [1.165, 1.54) is 6.33 Å². The fraction of sp³-hybridized carbons (Fsp3) is 0.333. The van der Waals surface area contributed by atoms with Crippen molar-refractivity contribution in [3.05, 3.63) is 34.8 Å². The van der Waals surface area contributed by atoms with Gasteiger partial charge < -0.3 is 9.09 Å². The molecule has 0 aromatic carbocycles. The smallest absolute Gasteiger partial charge is 0.228 e. The lowest BCUT2D eigenvalue weighted by Crippen LogP contribution is -2.07. The zero-order valence-electron chi connectivity index (χ0n) is 10.6. The van der Waals surface area contributed by atoms with E-state index < -0.39 is 0 Å². The van der Waals surface area contributed by atoms with E-state index in [1.807, 2.05) is 17.6 Å². The van der Waals surface area contributed by atoms with Gasteiger partial charge in [0, 0.05) is 23.6 Å². The summed E-state index contributed by atoms with van der Waals surface area (Å²) >= 11 is 9.60. The van der Waals surface area contributed by atoms with Crippen LogP contribution in [0.1, 0.15) is 24.0 Å². The summed E-state index contributed by atoms with van der Waals surface area (Å²) in [5, 5.41) is 3.39. The van der Waals surface area contributed by atoms with Crippen molar-refractivity contribution in [2.45, 2.75) is 25.3 Å². The fourth-order valence-electron chi connectivity index (χ4n) is 2.04. The maximum absolute atomic E-state index is 6.21. The summed E-state index contributed by atoms with van der Waals surface area (Å²) in [6.07, 6.45) is 3.75. The summed E-state index contributed by atoms with van der Waals surface area (Å²) in [7, 11) is 0. The summed E-state index contributed by atoms with van der Waals surface area (Å²) in [6, 6.07) is 1.92. The zero-order chi connectivity index (χ0) is 14.1. The molecule has 0 amide bonds. The number of aryl methyl sites for hydroxylation is 2. The van der Waals surface area contributed by atoms with Crippen molar-refractivity contribution in [1.29, 1.82) is 0 Å². The highest BCUT2D eigenvalue weighted by atomic mass is 79.9. The Bertz CT molecular complexity index is 725. The Kier molecular flexibility index (Phi) is 3.71. The number of hydrogen-bond acceptors (Lipinski definition) is 5. The van der Waals surface area contributed by atoms with Gasteiger partial charge in [-0.1, -0.05) is 5.16 Å². The van der Waals surface area contributed by atoms with Gasteiger partial charge in [0.2, 0.25) is 5.89 Å². The number of aromatic nitrogens is 5. The Morgan fingerprint density at radius 2 is 2.30 bits per heavy atom. The van der Waals surface area contributed by atoms with Gasteiger partial charge in [-0.2, -0.15) is 4.98 Å². The van der Waals surface area contributed by atoms with Gasteiger partial charge in [0.05, 0.1) is 5.38 Å². The molecule has 1 atom stereocenters. The topological polar surface area (TPSA) is 69.6 Å². The van der Waals surface area contributed by atoms with E-state index >= 15 is 0 Å². The SMILES string of the molecule is CC(Cl)c1nc2cc(Br)cnc2n1CCc1ncno1. The molecule has 104 valence electrons. The number of hydrogen-bond donors (Lipinski definition) is 0. The molecule has 0 aliphatic rings. The number of pyridine rings is 1. The second-order valence-electron chi connectivity index (χ2n) is 4.32. The molecule has 1 unspecified atom stereocenters. The van der Waals surface area contributed by atoms with E-state index in [0.717, 1.165) is 21.5 Å². The van der Waals surface area contributed by atoms with Gasteiger partial charge in [0.25, 0.3) is 0 Å². The minimum absolute atomic E-state index is 0.203. The maximum Gasteiger partial charge on any atom is 0.228 e. The first kappa shape index (κ1) is 13.5. The first-order valence-corrected chi connectivity index (χ1v) is 7.29. The highest BCUT2D eigenvalue weighted by Gasteiger charge is 2.16. The Morgan fingerprint density at radius 1 is 1.45 bits per heavy atom. The van der Waals surface area contributed by atoms with Crippen LogP contribution in [0.5, 0.6) is 0 Å². The van der Waals surface area contributed by atoms with Gasteiger partial charge in [-0.3, -0.25) is 0 Å². The van der Waals surface area contributed by atoms with Crippen LogP contribution in [-0.4, -0.2) is 24.7 Å². The molecule has 0 radical (unpaired) electrons. The van der Waals surface area contributed by atoms with Crippen LogP contribution in [0.15, 0.2) is 27.6 Å². The molecule has 0 spiro atoms. The quantitative estimate of drug-likeness (QED) is 0.672. The van der Waals surface area contributed by atoms with Crippen LogP contribution in [0.4, 0.5) is 0 Å². The van der Waals surface area contributed by atoms with Crippen molar-refractivity contribution in [2.75, 3.05) is 0 Å². The van der Waals surface area contributed by atoms with E-state index in [4.69, 9.17) is 16.1 Å². The lowest BCUT2D eigenvalue weighted by molar-refractivity contribution is 0.370. The molecule has 0 aliphatic carbocycles. The number of halogens is 2. The fourth-order valence-corrected chi connectivity index (χ4v) is 2.53. The van der Waals surface area contributed by atoms with Crippen molar-refractivity contribution in [3.63, 3.8) is 0 Å². The molecule has 8 heteroatoms. The summed E-state index contributed by atoms with van der Waals surface area (Å²) in [4.78, 5) is 13.0. The minimum atomic E-state index is -0.203. The van der Waals surface area contributed by atoms with E-state index in [2.05, 4.69) is 36.0 Å². The van der Waals surface area contributed by atoms with Gasteiger partial charge in [0.1, 0.15) is 11.3 Å². The molecule has 20 heavy (non-hydrogen) atoms. The van der Waals surface area contributed by atoms with Gasteiger partial charge >= 0.3 is 0 Å². The number of rotatable bonds is 4. The Balaban J connectivity index is 2.00. The highest BCUT2D eigenvalue weighted by Crippen LogP contribution is 2.25. The highest BCUT2D eigenvalue weighted by molar-refractivity contribution is 9.10. The minimum Gasteiger partial charge on any atom is -0.340 e. The van der Waals surface area contributed by atoms with E-state index in [1.54, 1.807) is 6.20 Å². The van der Waals surface area contributed by atoms with Crippen LogP contribution in [-0.2, 0) is 13.0 Å². The van der Waals surface area contributed by atoms with Crippen molar-refractivity contribution >= 4 is 38.7 Å². The maximum atomic E-state index is 6.21. The third-order valence-corrected chi connectivity index (χ3v) is 3.52. The standard InChI is InChI=1S/C12H11BrClN5O/c1-7(14)11-18-9-4-8(13)5-15-12(9)19(11)3-2-10-16-6-17-20-10/h4-7H,2-3H2,1H3. The molecule has 0 N–H and O–H groups in total. The summed E-state index contributed by atoms with van der Waals surface area (Å²) in [5.74, 6) is 1.36. The third-order valence-electron chi connectivity index (χ3n) is 2.89. The summed E-state index contributed by atoms with van der Waals surface area (Å²) in [6.45, 7) is 2.53. The van der Waals surface area contributed by atoms with Crippen LogP contribution in [0, 0.1) is 0 Å². The van der Waals surface area contributed by atoms with E-state index in [0.29, 0.717) is 18.9 Å². The number of nitrogens with zero attached hydrogens (tertiary/aromatic N) is 5.